The monoisotopic (exact) mass is 245 g/mol. The molecule has 0 bridgehead atoms. The van der Waals surface area contributed by atoms with Crippen molar-refractivity contribution in [2.24, 2.45) is 0 Å². The number of rotatable bonds is 3. The van der Waals surface area contributed by atoms with Gasteiger partial charge in [-0.15, -0.1) is 12.4 Å². The van der Waals surface area contributed by atoms with E-state index in [4.69, 9.17) is 0 Å². The van der Waals surface area contributed by atoms with Crippen LogP contribution in [0.1, 0.15) is 31.1 Å². The van der Waals surface area contributed by atoms with Gasteiger partial charge in [0.25, 0.3) is 0 Å². The summed E-state index contributed by atoms with van der Waals surface area (Å²) in [6.45, 7) is 6.25. The largest absolute Gasteiger partial charge is 0.305 e. The lowest BCUT2D eigenvalue weighted by atomic mass is 10.1. The Bertz CT molecular complexity index is 343. The lowest BCUT2D eigenvalue weighted by Gasteiger charge is -2.19. The van der Waals surface area contributed by atoms with Crippen molar-refractivity contribution in [3.63, 3.8) is 0 Å². The first-order chi connectivity index (χ1) is 6.88. The zero-order chi connectivity index (χ0) is 11.5. The van der Waals surface area contributed by atoms with E-state index in [0.29, 0.717) is 5.56 Å². The van der Waals surface area contributed by atoms with Crippen molar-refractivity contribution < 1.29 is 9.18 Å². The first-order valence-corrected chi connectivity index (χ1v) is 4.92. The van der Waals surface area contributed by atoms with Crippen molar-refractivity contribution in [2.45, 2.75) is 26.3 Å². The molecular formula is C12H17ClFNO. The van der Waals surface area contributed by atoms with E-state index in [1.54, 1.807) is 0 Å². The average molecular weight is 246 g/mol. The number of ketones is 1. The molecule has 1 N–H and O–H groups in total. The number of benzene rings is 1. The highest BCUT2D eigenvalue weighted by molar-refractivity contribution is 5.97. The molecule has 4 heteroatoms. The van der Waals surface area contributed by atoms with Crippen molar-refractivity contribution in [1.29, 1.82) is 0 Å². The van der Waals surface area contributed by atoms with Gasteiger partial charge in [0.1, 0.15) is 5.82 Å². The van der Waals surface area contributed by atoms with Crippen LogP contribution in [0.15, 0.2) is 24.3 Å². The Morgan fingerprint density at radius 1 is 1.25 bits per heavy atom. The van der Waals surface area contributed by atoms with Crippen molar-refractivity contribution in [2.75, 3.05) is 6.54 Å². The fourth-order valence-electron chi connectivity index (χ4n) is 1.08. The fourth-order valence-corrected chi connectivity index (χ4v) is 1.08. The molecule has 0 fully saturated rings. The number of carbonyl (C=O) groups excluding carboxylic acids is 1. The zero-order valence-corrected chi connectivity index (χ0v) is 10.5. The summed E-state index contributed by atoms with van der Waals surface area (Å²) in [5.41, 5.74) is 0.448. The van der Waals surface area contributed by atoms with E-state index in [-0.39, 0.29) is 36.1 Å². The van der Waals surface area contributed by atoms with Gasteiger partial charge < -0.3 is 5.32 Å². The Morgan fingerprint density at radius 3 is 2.19 bits per heavy atom. The standard InChI is InChI=1S/C12H16FNO.ClH/c1-12(2,3)14-8-11(15)9-4-6-10(13)7-5-9;/h4-7,14H,8H2,1-3H3;1H. The first-order valence-electron chi connectivity index (χ1n) is 4.92. The molecule has 0 aliphatic carbocycles. The number of nitrogens with one attached hydrogen (secondary N) is 1. The molecule has 0 amide bonds. The number of carbonyl (C=O) groups is 1. The maximum Gasteiger partial charge on any atom is 0.176 e. The van der Waals surface area contributed by atoms with Gasteiger partial charge in [0.2, 0.25) is 0 Å². The maximum absolute atomic E-state index is 12.6. The molecule has 0 aliphatic heterocycles. The Kier molecular flexibility index (Phi) is 5.62. The molecule has 90 valence electrons. The maximum atomic E-state index is 12.6. The van der Waals surface area contributed by atoms with E-state index in [2.05, 4.69) is 5.32 Å². The Balaban J connectivity index is 0.00000225. The molecule has 1 aromatic rings. The van der Waals surface area contributed by atoms with Crippen LogP contribution < -0.4 is 5.32 Å². The highest BCUT2D eigenvalue weighted by atomic mass is 35.5. The van der Waals surface area contributed by atoms with Gasteiger partial charge in [-0.05, 0) is 45.0 Å². The number of Topliss-reactive ketones (excluding diaryl/α,β-unsaturated/α-hetero) is 1. The van der Waals surface area contributed by atoms with E-state index in [0.717, 1.165) is 0 Å². The fraction of sp³-hybridized carbons (Fsp3) is 0.417. The number of hydrogen-bond acceptors (Lipinski definition) is 2. The third-order valence-electron chi connectivity index (χ3n) is 1.95. The second kappa shape index (κ2) is 5.97. The first kappa shape index (κ1) is 15.1. The van der Waals surface area contributed by atoms with Gasteiger partial charge in [-0.25, -0.2) is 4.39 Å². The summed E-state index contributed by atoms with van der Waals surface area (Å²) in [4.78, 5) is 11.6. The van der Waals surface area contributed by atoms with E-state index in [9.17, 15) is 9.18 Å². The summed E-state index contributed by atoms with van der Waals surface area (Å²) in [6.07, 6.45) is 0. The summed E-state index contributed by atoms with van der Waals surface area (Å²) in [5, 5.41) is 3.09. The molecule has 0 unspecified atom stereocenters. The van der Waals surface area contributed by atoms with Crippen molar-refractivity contribution in [1.82, 2.24) is 5.32 Å². The predicted octanol–water partition coefficient (Wildman–Crippen LogP) is 2.82. The molecule has 0 saturated heterocycles. The molecule has 2 nitrogen and oxygen atoms in total. The summed E-state index contributed by atoms with van der Waals surface area (Å²) in [6, 6.07) is 5.60. The van der Waals surface area contributed by atoms with E-state index < -0.39 is 0 Å². The van der Waals surface area contributed by atoms with Gasteiger partial charge >= 0.3 is 0 Å². The normalized spacial score (nSPS) is 10.8. The van der Waals surface area contributed by atoms with Gasteiger partial charge in [0.15, 0.2) is 5.78 Å². The van der Waals surface area contributed by atoms with Crippen LogP contribution in [0.5, 0.6) is 0 Å². The topological polar surface area (TPSA) is 29.1 Å². The Morgan fingerprint density at radius 2 is 1.75 bits per heavy atom. The van der Waals surface area contributed by atoms with Crippen LogP contribution in [0.3, 0.4) is 0 Å². The van der Waals surface area contributed by atoms with Crippen LogP contribution in [-0.2, 0) is 0 Å². The summed E-state index contributed by atoms with van der Waals surface area (Å²) >= 11 is 0. The molecule has 1 aromatic carbocycles. The molecule has 0 heterocycles. The van der Waals surface area contributed by atoms with E-state index >= 15 is 0 Å². The van der Waals surface area contributed by atoms with Crippen LogP contribution in [0.2, 0.25) is 0 Å². The molecule has 1 rings (SSSR count). The molecule has 0 saturated carbocycles. The molecule has 0 radical (unpaired) electrons. The Hall–Kier alpha value is -0.930. The molecule has 16 heavy (non-hydrogen) atoms. The molecular weight excluding hydrogens is 229 g/mol. The van der Waals surface area contributed by atoms with Crippen LogP contribution in [0.25, 0.3) is 0 Å². The van der Waals surface area contributed by atoms with Crippen LogP contribution >= 0.6 is 12.4 Å². The van der Waals surface area contributed by atoms with Gasteiger partial charge in [0, 0.05) is 11.1 Å². The van der Waals surface area contributed by atoms with E-state index in [1.165, 1.54) is 24.3 Å². The minimum atomic E-state index is -0.324. The van der Waals surface area contributed by atoms with Gasteiger partial charge in [-0.2, -0.15) is 0 Å². The highest BCUT2D eigenvalue weighted by Crippen LogP contribution is 2.04. The zero-order valence-electron chi connectivity index (χ0n) is 9.71. The van der Waals surface area contributed by atoms with Crippen molar-refractivity contribution in [3.8, 4) is 0 Å². The van der Waals surface area contributed by atoms with E-state index in [1.807, 2.05) is 20.8 Å². The van der Waals surface area contributed by atoms with Crippen molar-refractivity contribution in [3.05, 3.63) is 35.6 Å². The van der Waals surface area contributed by atoms with Gasteiger partial charge in [0.05, 0.1) is 6.54 Å². The number of hydrogen-bond donors (Lipinski definition) is 1. The molecule has 0 atom stereocenters. The van der Waals surface area contributed by atoms with Crippen LogP contribution in [-0.4, -0.2) is 17.9 Å². The second-order valence-corrected chi connectivity index (χ2v) is 4.53. The summed E-state index contributed by atoms with van der Waals surface area (Å²) < 4.78 is 12.6. The third kappa shape index (κ3) is 5.24. The minimum absolute atomic E-state index is 0. The molecule has 0 spiro atoms. The lowest BCUT2D eigenvalue weighted by Crippen LogP contribution is -2.39. The SMILES string of the molecule is CC(C)(C)NCC(=O)c1ccc(F)cc1.Cl. The van der Waals surface area contributed by atoms with Gasteiger partial charge in [-0.1, -0.05) is 0 Å². The quantitative estimate of drug-likeness (QED) is 0.830. The van der Waals surface area contributed by atoms with Crippen LogP contribution in [0, 0.1) is 5.82 Å². The highest BCUT2D eigenvalue weighted by Gasteiger charge is 2.12. The predicted molar refractivity (Wildman–Crippen MR) is 65.7 cm³/mol. The summed E-state index contributed by atoms with van der Waals surface area (Å²) in [7, 11) is 0. The smallest absolute Gasteiger partial charge is 0.176 e. The summed E-state index contributed by atoms with van der Waals surface area (Å²) in [5.74, 6) is -0.347. The molecule has 0 aliphatic rings. The average Bonchev–Trinajstić information content (AvgIpc) is 2.14. The minimum Gasteiger partial charge on any atom is -0.305 e. The van der Waals surface area contributed by atoms with Gasteiger partial charge in [-0.3, -0.25) is 4.79 Å². The van der Waals surface area contributed by atoms with Crippen molar-refractivity contribution >= 4 is 18.2 Å². The third-order valence-corrected chi connectivity index (χ3v) is 1.95. The van der Waals surface area contributed by atoms with Crippen LogP contribution in [0.4, 0.5) is 4.39 Å². The number of halogens is 2. The molecule has 0 aromatic heterocycles. The second-order valence-electron chi connectivity index (χ2n) is 4.53. The lowest BCUT2D eigenvalue weighted by molar-refractivity contribution is 0.0982. The Labute approximate surface area is 102 Å².